The first-order chi connectivity index (χ1) is 14.9. The minimum atomic E-state index is 0. The molecular formula is C29H32ClN. The normalized spacial score (nSPS) is 20.8. The van der Waals surface area contributed by atoms with Crippen molar-refractivity contribution in [1.82, 2.24) is 4.90 Å². The predicted octanol–water partition coefficient (Wildman–Crippen LogP) is 7.13. The van der Waals surface area contributed by atoms with Gasteiger partial charge in [-0.3, -0.25) is 4.90 Å². The van der Waals surface area contributed by atoms with E-state index in [-0.39, 0.29) is 12.4 Å². The van der Waals surface area contributed by atoms with Gasteiger partial charge in [-0.05, 0) is 103 Å². The third-order valence-electron chi connectivity index (χ3n) is 7.92. The molecule has 1 unspecified atom stereocenters. The van der Waals surface area contributed by atoms with Gasteiger partial charge in [0.05, 0.1) is 0 Å². The van der Waals surface area contributed by atoms with Gasteiger partial charge in [0, 0.05) is 6.04 Å². The van der Waals surface area contributed by atoms with Gasteiger partial charge in [-0.15, -0.1) is 12.4 Å². The van der Waals surface area contributed by atoms with Gasteiger partial charge in [0.2, 0.25) is 0 Å². The molecule has 0 radical (unpaired) electrons. The highest BCUT2D eigenvalue weighted by Crippen LogP contribution is 2.44. The Hall–Kier alpha value is -2.09. The number of hydrogen-bond acceptors (Lipinski definition) is 1. The first-order valence-electron chi connectivity index (χ1n) is 11.9. The lowest BCUT2D eigenvalue weighted by molar-refractivity contribution is 0.138. The Balaban J connectivity index is 0.00000204. The average molecular weight is 430 g/mol. The summed E-state index contributed by atoms with van der Waals surface area (Å²) in [5, 5.41) is 0. The summed E-state index contributed by atoms with van der Waals surface area (Å²) in [5.41, 5.74) is 11.1. The Morgan fingerprint density at radius 1 is 0.645 bits per heavy atom. The number of piperidine rings is 1. The van der Waals surface area contributed by atoms with Crippen LogP contribution < -0.4 is 0 Å². The molecule has 2 heteroatoms. The molecule has 0 amide bonds. The maximum Gasteiger partial charge on any atom is 0.0351 e. The number of likely N-dealkylation sites (tertiary alicyclic amines) is 1. The second kappa shape index (κ2) is 8.81. The summed E-state index contributed by atoms with van der Waals surface area (Å²) < 4.78 is 0. The molecule has 1 heterocycles. The fourth-order valence-corrected chi connectivity index (χ4v) is 6.39. The summed E-state index contributed by atoms with van der Waals surface area (Å²) in [6.45, 7) is 2.48. The van der Waals surface area contributed by atoms with Crippen LogP contribution in [0.15, 0.2) is 66.7 Å². The lowest BCUT2D eigenvalue weighted by Gasteiger charge is -2.41. The van der Waals surface area contributed by atoms with Crippen LogP contribution in [0.25, 0.3) is 11.1 Å². The van der Waals surface area contributed by atoms with E-state index in [1.165, 1.54) is 80.3 Å². The zero-order chi connectivity index (χ0) is 19.9. The van der Waals surface area contributed by atoms with Crippen molar-refractivity contribution in [3.63, 3.8) is 0 Å². The highest BCUT2D eigenvalue weighted by atomic mass is 35.5. The minimum absolute atomic E-state index is 0. The van der Waals surface area contributed by atoms with Gasteiger partial charge in [0.1, 0.15) is 0 Å². The summed E-state index contributed by atoms with van der Waals surface area (Å²) in [4.78, 5) is 2.81. The number of nitrogens with zero attached hydrogens (tertiary/aromatic N) is 1. The predicted molar refractivity (Wildman–Crippen MR) is 132 cm³/mol. The Labute approximate surface area is 192 Å². The van der Waals surface area contributed by atoms with Gasteiger partial charge < -0.3 is 0 Å². The molecule has 0 aromatic heterocycles. The van der Waals surface area contributed by atoms with Crippen LogP contribution in [0.1, 0.15) is 65.5 Å². The van der Waals surface area contributed by atoms with E-state index in [1.807, 2.05) is 0 Å². The van der Waals surface area contributed by atoms with E-state index in [0.717, 1.165) is 5.92 Å². The summed E-state index contributed by atoms with van der Waals surface area (Å²) in [6, 6.07) is 25.8. The summed E-state index contributed by atoms with van der Waals surface area (Å²) in [6.07, 6.45) is 8.97. The van der Waals surface area contributed by atoms with E-state index in [2.05, 4.69) is 71.6 Å². The summed E-state index contributed by atoms with van der Waals surface area (Å²) in [7, 11) is 0. The Morgan fingerprint density at radius 2 is 1.42 bits per heavy atom. The zero-order valence-corrected chi connectivity index (χ0v) is 19.0. The number of halogens is 1. The number of hydrogen-bond donors (Lipinski definition) is 0. The molecule has 1 atom stereocenters. The van der Waals surface area contributed by atoms with E-state index < -0.39 is 0 Å². The maximum absolute atomic E-state index is 2.81. The van der Waals surface area contributed by atoms with Crippen molar-refractivity contribution in [3.05, 3.63) is 94.5 Å². The highest BCUT2D eigenvalue weighted by Gasteiger charge is 2.32. The fourth-order valence-electron chi connectivity index (χ4n) is 6.39. The van der Waals surface area contributed by atoms with Crippen molar-refractivity contribution in [2.75, 3.05) is 13.1 Å². The van der Waals surface area contributed by atoms with E-state index in [1.54, 1.807) is 16.7 Å². The summed E-state index contributed by atoms with van der Waals surface area (Å²) >= 11 is 0. The standard InChI is InChI=1S/C29H31N.ClH/c1-2-7-21(8-3-1)22-17-19-30(20-18-22)29-12-6-11-25-27-14-13-23-9-4-5-10-24(23)26(27)15-16-28(25)29;/h1-5,7-10,15-16,22,29H,6,11-14,17-20H2;1H. The van der Waals surface area contributed by atoms with E-state index >= 15 is 0 Å². The molecule has 160 valence electrons. The van der Waals surface area contributed by atoms with Crippen molar-refractivity contribution in [1.29, 1.82) is 0 Å². The fraction of sp³-hybridized carbons (Fsp3) is 0.379. The van der Waals surface area contributed by atoms with E-state index in [0.29, 0.717) is 6.04 Å². The molecule has 1 fully saturated rings. The summed E-state index contributed by atoms with van der Waals surface area (Å²) in [5.74, 6) is 0.741. The Morgan fingerprint density at radius 3 is 2.26 bits per heavy atom. The molecule has 3 aliphatic rings. The molecule has 1 saturated heterocycles. The highest BCUT2D eigenvalue weighted by molar-refractivity contribution is 5.85. The molecule has 1 nitrogen and oxygen atoms in total. The molecule has 0 spiro atoms. The topological polar surface area (TPSA) is 3.24 Å². The van der Waals surface area contributed by atoms with Crippen molar-refractivity contribution >= 4 is 12.4 Å². The van der Waals surface area contributed by atoms with Crippen molar-refractivity contribution in [2.24, 2.45) is 0 Å². The third kappa shape index (κ3) is 3.73. The van der Waals surface area contributed by atoms with Crippen LogP contribution in [0, 0.1) is 0 Å². The van der Waals surface area contributed by atoms with Crippen molar-refractivity contribution in [2.45, 2.75) is 56.9 Å². The molecule has 31 heavy (non-hydrogen) atoms. The van der Waals surface area contributed by atoms with Gasteiger partial charge in [-0.25, -0.2) is 0 Å². The molecule has 0 saturated carbocycles. The lowest BCUT2D eigenvalue weighted by Crippen LogP contribution is -2.38. The van der Waals surface area contributed by atoms with E-state index in [9.17, 15) is 0 Å². The molecule has 2 aliphatic carbocycles. The van der Waals surface area contributed by atoms with Gasteiger partial charge in [-0.2, -0.15) is 0 Å². The quantitative estimate of drug-likeness (QED) is 0.418. The molecular weight excluding hydrogens is 398 g/mol. The van der Waals surface area contributed by atoms with Gasteiger partial charge in [-0.1, -0.05) is 66.7 Å². The van der Waals surface area contributed by atoms with Crippen LogP contribution >= 0.6 is 12.4 Å². The van der Waals surface area contributed by atoms with Crippen molar-refractivity contribution in [3.8, 4) is 11.1 Å². The zero-order valence-electron chi connectivity index (χ0n) is 18.2. The second-order valence-electron chi connectivity index (χ2n) is 9.45. The van der Waals surface area contributed by atoms with Gasteiger partial charge >= 0.3 is 0 Å². The van der Waals surface area contributed by atoms with Crippen LogP contribution in [0.4, 0.5) is 0 Å². The largest absolute Gasteiger partial charge is 0.296 e. The molecule has 0 N–H and O–H groups in total. The molecule has 3 aromatic rings. The van der Waals surface area contributed by atoms with Gasteiger partial charge in [0.15, 0.2) is 0 Å². The number of fused-ring (bicyclic) bond motifs is 5. The minimum Gasteiger partial charge on any atom is -0.296 e. The van der Waals surface area contributed by atoms with Crippen LogP contribution in [-0.4, -0.2) is 18.0 Å². The van der Waals surface area contributed by atoms with Crippen LogP contribution in [0.3, 0.4) is 0 Å². The number of benzene rings is 3. The number of rotatable bonds is 2. The maximum atomic E-state index is 2.81. The molecule has 1 aliphatic heterocycles. The third-order valence-corrected chi connectivity index (χ3v) is 7.92. The first kappa shape index (κ1) is 20.8. The SMILES string of the molecule is Cl.c1ccc(C2CCN(C3CCCc4c3ccc3c4CCc4ccccc4-3)CC2)cc1. The lowest BCUT2D eigenvalue weighted by atomic mass is 9.76. The average Bonchev–Trinajstić information content (AvgIpc) is 2.84. The Bertz CT molecular complexity index is 1050. The van der Waals surface area contributed by atoms with E-state index in [4.69, 9.17) is 0 Å². The smallest absolute Gasteiger partial charge is 0.0351 e. The molecule has 3 aromatic carbocycles. The van der Waals surface area contributed by atoms with Crippen LogP contribution in [0.5, 0.6) is 0 Å². The Kier molecular flexibility index (Phi) is 5.91. The van der Waals surface area contributed by atoms with Crippen LogP contribution in [0.2, 0.25) is 0 Å². The molecule has 0 bridgehead atoms. The first-order valence-corrected chi connectivity index (χ1v) is 11.9. The second-order valence-corrected chi connectivity index (χ2v) is 9.45. The van der Waals surface area contributed by atoms with Crippen molar-refractivity contribution < 1.29 is 0 Å². The van der Waals surface area contributed by atoms with Crippen LogP contribution in [-0.2, 0) is 19.3 Å². The van der Waals surface area contributed by atoms with Gasteiger partial charge in [0.25, 0.3) is 0 Å². The monoisotopic (exact) mass is 429 g/mol. The molecule has 6 rings (SSSR count). The number of aryl methyl sites for hydroxylation is 1.